The molecule has 4 saturated heterocycles. The fourth-order valence-corrected chi connectivity index (χ4v) is 8.33. The van der Waals surface area contributed by atoms with Crippen LogP contribution in [0.3, 0.4) is 0 Å². The van der Waals surface area contributed by atoms with Gasteiger partial charge < -0.3 is 20.3 Å². The summed E-state index contributed by atoms with van der Waals surface area (Å²) < 4.78 is 16.1. The minimum atomic E-state index is -3.95. The molecular formula is C29H43BGaN9O11. The Balaban J connectivity index is 1.15. The van der Waals surface area contributed by atoms with E-state index in [1.54, 1.807) is 0 Å². The van der Waals surface area contributed by atoms with E-state index in [4.69, 9.17) is 10.6 Å². The van der Waals surface area contributed by atoms with Crippen LogP contribution in [-0.4, -0.2) is 197 Å². The minimum absolute atomic E-state index is 0.0133. The van der Waals surface area contributed by atoms with Crippen LogP contribution in [0.1, 0.15) is 30.1 Å². The van der Waals surface area contributed by atoms with Crippen molar-refractivity contribution in [1.29, 1.82) is 0 Å². The number of pyridine rings is 1. The van der Waals surface area contributed by atoms with Crippen LogP contribution in [0, 0.1) is 0 Å². The Bertz CT molecular complexity index is 1410. The molecule has 2 unspecified atom stereocenters. The van der Waals surface area contributed by atoms with Crippen LogP contribution in [0.5, 0.6) is 0 Å². The summed E-state index contributed by atoms with van der Waals surface area (Å²) >= 11 is -3.95. The average Bonchev–Trinajstić information content (AvgIpc) is 3.57. The molecule has 4 aliphatic rings. The van der Waals surface area contributed by atoms with Crippen molar-refractivity contribution in [3.63, 3.8) is 0 Å². The summed E-state index contributed by atoms with van der Waals surface area (Å²) in [7, 11) is -1.66. The Hall–Kier alpha value is -3.77. The number of nitrogens with one attached hydrogen (secondary N) is 3. The Morgan fingerprint density at radius 2 is 1.43 bits per heavy atom. The largest absolute Gasteiger partial charge is 0.475 e. The van der Waals surface area contributed by atoms with E-state index in [2.05, 4.69) is 21.2 Å². The number of hydrogen-bond acceptors (Lipinski definition) is 17. The first kappa shape index (κ1) is 38.5. The number of rotatable bonds is 8. The number of amides is 3. The van der Waals surface area contributed by atoms with E-state index in [-0.39, 0.29) is 43.5 Å². The zero-order chi connectivity index (χ0) is 36.5. The number of carbonyl (C=O) groups excluding carboxylic acids is 6. The van der Waals surface area contributed by atoms with Crippen LogP contribution >= 0.6 is 0 Å². The third-order valence-electron chi connectivity index (χ3n) is 9.04. The second kappa shape index (κ2) is 18.1. The standard InChI is InChI=1S/C29H46BN9O11.Ga/c1-20(29(48)39-6-2-3-22(39)30(49)50)32-28(47)21-4-5-23(31-15-21)33-34-24(40)16-35-7-9-36(17-25(41)42)11-13-38(19-27(45)46)14-12-37(10-8-35)18-26(43)44;/h4-5,15,20,22,49-50H,2-3,6-14,16-19H2,1H3,(H,31,33)(H,32,47)(H,34,40)(H,41,42)(H,43,44)(H,45,46);/q;+3/p-3/t20-,22+;/m1./s1. The number of likely N-dealkylation sites (tertiary alicyclic amines) is 1. The van der Waals surface area contributed by atoms with E-state index in [1.165, 1.54) is 30.2 Å². The summed E-state index contributed by atoms with van der Waals surface area (Å²) in [6, 6.07) is 2.06. The fraction of sp³-hybridized carbons (Fsp3) is 0.621. The Labute approximate surface area is 301 Å². The summed E-state index contributed by atoms with van der Waals surface area (Å²) in [5.74, 6) is -3.68. The zero-order valence-electron chi connectivity index (χ0n) is 28.4. The number of fused-ring (bicyclic) bond motifs is 7. The van der Waals surface area contributed by atoms with Crippen LogP contribution in [0.25, 0.3) is 0 Å². The van der Waals surface area contributed by atoms with Gasteiger partial charge in [0, 0.05) is 12.7 Å². The quantitative estimate of drug-likeness (QED) is 0.124. The molecule has 5 rings (SSSR count). The molecular weight excluding hydrogens is 731 g/mol. The zero-order valence-corrected chi connectivity index (χ0v) is 30.8. The SMILES string of the molecule is C[C@@H](NC(=O)c1ccc(NNC(=O)CN2CCN3CCN4CCN(CC2)CC(=O)[O][Ga]([O]C(=O)C3)[O]C(=O)C4)nc1)C(=O)N1CCC[C@H]1B(O)O. The molecule has 51 heavy (non-hydrogen) atoms. The van der Waals surface area contributed by atoms with E-state index in [1.807, 2.05) is 19.6 Å². The first-order valence-electron chi connectivity index (χ1n) is 16.9. The number of anilines is 1. The Kier molecular flexibility index (Phi) is 13.7. The second-order valence-corrected chi connectivity index (χ2v) is 15.5. The molecule has 0 aliphatic carbocycles. The van der Waals surface area contributed by atoms with Gasteiger partial charge in [-0.05, 0) is 31.9 Å². The van der Waals surface area contributed by atoms with E-state index in [9.17, 15) is 38.8 Å². The molecule has 4 aliphatic heterocycles. The molecule has 1 aromatic heterocycles. The second-order valence-electron chi connectivity index (χ2n) is 12.8. The summed E-state index contributed by atoms with van der Waals surface area (Å²) in [6.07, 6.45) is 2.39. The number of aromatic nitrogens is 1. The van der Waals surface area contributed by atoms with Gasteiger partial charge in [0.2, 0.25) is 5.91 Å². The molecule has 0 radical (unpaired) electrons. The van der Waals surface area contributed by atoms with Gasteiger partial charge in [0.1, 0.15) is 6.04 Å². The third kappa shape index (κ3) is 11.4. The molecule has 4 bridgehead atoms. The van der Waals surface area contributed by atoms with Gasteiger partial charge in [-0.15, -0.1) is 0 Å². The first-order chi connectivity index (χ1) is 24.4. The van der Waals surface area contributed by atoms with Gasteiger partial charge in [-0.1, -0.05) is 0 Å². The van der Waals surface area contributed by atoms with Gasteiger partial charge in [0.15, 0.2) is 0 Å². The van der Waals surface area contributed by atoms with Crippen LogP contribution in [0.4, 0.5) is 5.82 Å². The maximum absolute atomic E-state index is 13.0. The predicted molar refractivity (Wildman–Crippen MR) is 178 cm³/mol. The van der Waals surface area contributed by atoms with Crippen molar-refractivity contribution >= 4 is 65.9 Å². The fourth-order valence-electron chi connectivity index (χ4n) is 6.21. The monoisotopic (exact) mass is 773 g/mol. The molecule has 4 atom stereocenters. The van der Waals surface area contributed by atoms with E-state index in [0.717, 1.165) is 0 Å². The molecule has 5 N–H and O–H groups in total. The van der Waals surface area contributed by atoms with Gasteiger partial charge in [-0.25, -0.2) is 4.98 Å². The van der Waals surface area contributed by atoms with Crippen molar-refractivity contribution in [3.05, 3.63) is 23.9 Å². The molecule has 20 nitrogen and oxygen atoms in total. The number of carbonyl (C=O) groups is 6. The number of hydrogen-bond donors (Lipinski definition) is 5. The summed E-state index contributed by atoms with van der Waals surface area (Å²) in [6.45, 7) is 5.23. The maximum atomic E-state index is 13.0. The smallest absolute Gasteiger partial charge is 0.426 e. The van der Waals surface area contributed by atoms with Crippen LogP contribution < -0.4 is 16.2 Å². The molecule has 5 heterocycles. The van der Waals surface area contributed by atoms with Crippen molar-refractivity contribution < 1.29 is 49.4 Å². The Morgan fingerprint density at radius 1 is 0.882 bits per heavy atom. The van der Waals surface area contributed by atoms with Crippen molar-refractivity contribution in [2.45, 2.75) is 31.7 Å². The van der Waals surface area contributed by atoms with Crippen LogP contribution in [0.2, 0.25) is 0 Å². The normalized spacial score (nSPS) is 25.5. The van der Waals surface area contributed by atoms with Crippen LogP contribution in [-0.2, 0) is 34.6 Å². The topological polar surface area (TPSA) is 236 Å². The van der Waals surface area contributed by atoms with E-state index in [0.29, 0.717) is 71.7 Å². The van der Waals surface area contributed by atoms with Crippen LogP contribution in [0.15, 0.2) is 18.3 Å². The van der Waals surface area contributed by atoms with Gasteiger partial charge in [-0.2, -0.15) is 0 Å². The summed E-state index contributed by atoms with van der Waals surface area (Å²) in [5.41, 5.74) is 5.51. The molecule has 0 saturated carbocycles. The molecule has 1 aromatic rings. The summed E-state index contributed by atoms with van der Waals surface area (Å²) in [5, 5.41) is 21.7. The van der Waals surface area contributed by atoms with Crippen molar-refractivity contribution in [1.82, 2.24) is 40.2 Å². The molecule has 0 aromatic carbocycles. The molecule has 4 fully saturated rings. The predicted octanol–water partition coefficient (Wildman–Crippen LogP) is -4.49. The average molecular weight is 774 g/mol. The van der Waals surface area contributed by atoms with Crippen molar-refractivity contribution in [3.8, 4) is 0 Å². The van der Waals surface area contributed by atoms with Crippen molar-refractivity contribution in [2.24, 2.45) is 0 Å². The number of nitrogens with zero attached hydrogens (tertiary/aromatic N) is 6. The minimum Gasteiger partial charge on any atom is -0.426 e. The van der Waals surface area contributed by atoms with E-state index >= 15 is 0 Å². The van der Waals surface area contributed by atoms with Gasteiger partial charge >= 0.3 is 193 Å². The van der Waals surface area contributed by atoms with Gasteiger partial charge in [-0.3, -0.25) is 9.59 Å². The number of hydrazine groups is 1. The maximum Gasteiger partial charge on any atom is 0.475 e. The van der Waals surface area contributed by atoms with Gasteiger partial charge in [0.25, 0.3) is 5.91 Å². The van der Waals surface area contributed by atoms with Crippen molar-refractivity contribution in [2.75, 3.05) is 90.5 Å². The van der Waals surface area contributed by atoms with E-state index < -0.39 is 66.1 Å². The summed E-state index contributed by atoms with van der Waals surface area (Å²) in [4.78, 5) is 89.7. The first-order valence-corrected chi connectivity index (χ1v) is 19.9. The van der Waals surface area contributed by atoms with Gasteiger partial charge in [0.05, 0.1) is 11.5 Å². The third-order valence-corrected chi connectivity index (χ3v) is 11.9. The molecule has 276 valence electrons. The molecule has 3 amide bonds. The Morgan fingerprint density at radius 3 is 1.94 bits per heavy atom. The molecule has 22 heteroatoms. The molecule has 0 spiro atoms.